The summed E-state index contributed by atoms with van der Waals surface area (Å²) in [5.74, 6) is 1.52. The number of ether oxygens (including phenoxy) is 1. The van der Waals surface area contributed by atoms with E-state index in [4.69, 9.17) is 16.3 Å². The van der Waals surface area contributed by atoms with Crippen molar-refractivity contribution < 1.29 is 4.74 Å². The van der Waals surface area contributed by atoms with Crippen molar-refractivity contribution in [3.8, 4) is 0 Å². The van der Waals surface area contributed by atoms with Crippen LogP contribution in [0.4, 0.5) is 5.95 Å². The van der Waals surface area contributed by atoms with Gasteiger partial charge in [0, 0.05) is 25.0 Å². The van der Waals surface area contributed by atoms with Gasteiger partial charge in [-0.25, -0.2) is 15.0 Å². The van der Waals surface area contributed by atoms with Gasteiger partial charge in [0.25, 0.3) is 0 Å². The Kier molecular flexibility index (Phi) is 4.55. The summed E-state index contributed by atoms with van der Waals surface area (Å²) in [6.45, 7) is 2.95. The molecular weight excluding hydrogens is 324 g/mol. The van der Waals surface area contributed by atoms with Crippen molar-refractivity contribution in [2.24, 2.45) is 5.92 Å². The van der Waals surface area contributed by atoms with E-state index in [1.54, 1.807) is 12.4 Å². The van der Waals surface area contributed by atoms with Gasteiger partial charge in [-0.3, -0.25) is 0 Å². The molecule has 0 aromatic carbocycles. The first-order valence-corrected chi connectivity index (χ1v) is 9.23. The van der Waals surface area contributed by atoms with Crippen LogP contribution in [0.2, 0.25) is 5.15 Å². The van der Waals surface area contributed by atoms with Crippen molar-refractivity contribution in [2.75, 3.05) is 11.9 Å². The van der Waals surface area contributed by atoms with Crippen molar-refractivity contribution >= 4 is 28.5 Å². The molecule has 0 bridgehead atoms. The summed E-state index contributed by atoms with van der Waals surface area (Å²) in [4.78, 5) is 13.2. The minimum absolute atomic E-state index is 0.417. The molecule has 0 unspecified atom stereocenters. The average molecular weight is 347 g/mol. The van der Waals surface area contributed by atoms with Crippen molar-refractivity contribution in [2.45, 2.75) is 57.6 Å². The molecule has 6 heteroatoms. The fraction of sp³-hybridized carbons (Fsp3) is 0.611. The van der Waals surface area contributed by atoms with Crippen molar-refractivity contribution in [3.05, 3.63) is 23.1 Å². The third-order valence-electron chi connectivity index (χ3n) is 5.03. The lowest BCUT2D eigenvalue weighted by Gasteiger charge is -2.29. The monoisotopic (exact) mass is 346 g/mol. The molecule has 128 valence electrons. The first kappa shape index (κ1) is 16.0. The lowest BCUT2D eigenvalue weighted by atomic mass is 9.93. The van der Waals surface area contributed by atoms with Gasteiger partial charge >= 0.3 is 0 Å². The van der Waals surface area contributed by atoms with Crippen LogP contribution in [-0.2, 0) is 4.74 Å². The van der Waals surface area contributed by atoms with Gasteiger partial charge in [0.15, 0.2) is 0 Å². The number of fused-ring (bicyclic) bond motifs is 1. The Morgan fingerprint density at radius 3 is 2.67 bits per heavy atom. The Morgan fingerprint density at radius 2 is 1.92 bits per heavy atom. The smallest absolute Gasteiger partial charge is 0.223 e. The maximum atomic E-state index is 6.12. The highest BCUT2D eigenvalue weighted by molar-refractivity contribution is 6.34. The van der Waals surface area contributed by atoms with Crippen molar-refractivity contribution in [3.63, 3.8) is 0 Å². The molecule has 5 nitrogen and oxygen atoms in total. The first-order valence-electron chi connectivity index (χ1n) is 8.85. The Morgan fingerprint density at radius 1 is 1.12 bits per heavy atom. The van der Waals surface area contributed by atoms with Gasteiger partial charge in [0.05, 0.1) is 17.0 Å². The van der Waals surface area contributed by atoms with Crippen LogP contribution in [0.1, 0.15) is 44.1 Å². The highest BCUT2D eigenvalue weighted by Crippen LogP contribution is 2.31. The average Bonchev–Trinajstić information content (AvgIpc) is 3.42. The Hall–Kier alpha value is -1.46. The molecule has 2 aromatic rings. The summed E-state index contributed by atoms with van der Waals surface area (Å²) in [5, 5.41) is 4.74. The number of rotatable bonds is 5. The van der Waals surface area contributed by atoms with Gasteiger partial charge in [-0.05, 0) is 56.9 Å². The molecule has 0 amide bonds. The van der Waals surface area contributed by atoms with Gasteiger partial charge < -0.3 is 10.1 Å². The zero-order chi connectivity index (χ0) is 16.5. The zero-order valence-electron chi connectivity index (χ0n) is 14.0. The molecule has 0 radical (unpaired) electrons. The molecule has 2 aliphatic rings. The summed E-state index contributed by atoms with van der Waals surface area (Å²) in [7, 11) is 0. The first-order chi connectivity index (χ1) is 11.7. The van der Waals surface area contributed by atoms with E-state index < -0.39 is 0 Å². The number of pyridine rings is 1. The topological polar surface area (TPSA) is 59.9 Å². The Bertz CT molecular complexity index is 726. The largest absolute Gasteiger partial charge is 0.378 e. The number of nitrogens with zero attached hydrogens (tertiary/aromatic N) is 3. The standard InChI is InChI=1S/C18H23ClN4O/c1-11-8-20-17(19)15-9-21-18(23-16(11)15)22-13-4-6-14(7-5-13)24-10-12-2-3-12/h8-9,12-14H,2-7,10H2,1H3,(H,21,22,23). The van der Waals surface area contributed by atoms with E-state index in [0.29, 0.717) is 23.2 Å². The molecule has 1 N–H and O–H groups in total. The lowest BCUT2D eigenvalue weighted by Crippen LogP contribution is -2.30. The van der Waals surface area contributed by atoms with Crippen LogP contribution in [0.5, 0.6) is 0 Å². The minimum atomic E-state index is 0.417. The Balaban J connectivity index is 1.37. The van der Waals surface area contributed by atoms with Crippen LogP contribution < -0.4 is 5.32 Å². The zero-order valence-corrected chi connectivity index (χ0v) is 14.7. The van der Waals surface area contributed by atoms with Crippen LogP contribution in [0.3, 0.4) is 0 Å². The van der Waals surface area contributed by atoms with Gasteiger partial charge in [-0.2, -0.15) is 0 Å². The molecule has 2 aromatic heterocycles. The SMILES string of the molecule is Cc1cnc(Cl)c2cnc(NC3CCC(OCC4CC4)CC3)nc12. The van der Waals surface area contributed by atoms with Crippen LogP contribution in [0, 0.1) is 12.8 Å². The number of nitrogens with one attached hydrogen (secondary N) is 1. The predicted molar refractivity (Wildman–Crippen MR) is 95.4 cm³/mol. The maximum Gasteiger partial charge on any atom is 0.223 e. The molecule has 2 heterocycles. The third-order valence-corrected chi connectivity index (χ3v) is 5.33. The van der Waals surface area contributed by atoms with Gasteiger partial charge in [-0.1, -0.05) is 11.6 Å². The molecule has 2 aliphatic carbocycles. The number of aromatic nitrogens is 3. The molecule has 4 rings (SSSR count). The molecule has 2 saturated carbocycles. The van der Waals surface area contributed by atoms with Crippen LogP contribution in [0.25, 0.3) is 10.9 Å². The second kappa shape index (κ2) is 6.81. The highest BCUT2D eigenvalue weighted by Gasteiger charge is 2.26. The van der Waals surface area contributed by atoms with Gasteiger partial charge in [-0.15, -0.1) is 0 Å². The number of hydrogen-bond acceptors (Lipinski definition) is 5. The fourth-order valence-corrected chi connectivity index (χ4v) is 3.49. The fourth-order valence-electron chi connectivity index (χ4n) is 3.30. The number of halogens is 1. The van der Waals surface area contributed by atoms with E-state index in [1.165, 1.54) is 12.8 Å². The molecule has 0 spiro atoms. The number of aryl methyl sites for hydroxylation is 1. The molecule has 0 aliphatic heterocycles. The molecule has 2 fully saturated rings. The second-order valence-corrected chi connectivity index (χ2v) is 7.44. The second-order valence-electron chi connectivity index (χ2n) is 7.08. The van der Waals surface area contributed by atoms with Gasteiger partial charge in [0.2, 0.25) is 5.95 Å². The van der Waals surface area contributed by atoms with Crippen LogP contribution >= 0.6 is 11.6 Å². The van der Waals surface area contributed by atoms with Crippen LogP contribution in [-0.4, -0.2) is 33.7 Å². The quantitative estimate of drug-likeness (QED) is 0.824. The van der Waals surface area contributed by atoms with E-state index in [9.17, 15) is 0 Å². The molecular formula is C18H23ClN4O. The van der Waals surface area contributed by atoms with Crippen molar-refractivity contribution in [1.82, 2.24) is 15.0 Å². The summed E-state index contributed by atoms with van der Waals surface area (Å²) in [5.41, 5.74) is 1.88. The normalized spacial score (nSPS) is 24.2. The van der Waals surface area contributed by atoms with E-state index in [2.05, 4.69) is 20.3 Å². The van der Waals surface area contributed by atoms with Crippen molar-refractivity contribution in [1.29, 1.82) is 0 Å². The summed E-state index contributed by atoms with van der Waals surface area (Å²) < 4.78 is 6.01. The molecule has 0 saturated heterocycles. The van der Waals surface area contributed by atoms with Gasteiger partial charge in [0.1, 0.15) is 5.15 Å². The van der Waals surface area contributed by atoms with E-state index in [1.807, 2.05) is 6.92 Å². The number of anilines is 1. The summed E-state index contributed by atoms with van der Waals surface area (Å²) in [6.07, 6.45) is 11.1. The summed E-state index contributed by atoms with van der Waals surface area (Å²) >= 11 is 6.12. The van der Waals surface area contributed by atoms with Crippen LogP contribution in [0.15, 0.2) is 12.4 Å². The molecule has 0 atom stereocenters. The lowest BCUT2D eigenvalue weighted by molar-refractivity contribution is 0.0203. The van der Waals surface area contributed by atoms with E-state index >= 15 is 0 Å². The number of hydrogen-bond donors (Lipinski definition) is 1. The molecule has 24 heavy (non-hydrogen) atoms. The highest BCUT2D eigenvalue weighted by atomic mass is 35.5. The van der Waals surface area contributed by atoms with E-state index in [0.717, 1.165) is 54.7 Å². The maximum absolute atomic E-state index is 6.12. The van der Waals surface area contributed by atoms with E-state index in [-0.39, 0.29) is 0 Å². The predicted octanol–water partition coefficient (Wildman–Crippen LogP) is 4.14. The third kappa shape index (κ3) is 3.62. The Labute approximate surface area is 147 Å². The minimum Gasteiger partial charge on any atom is -0.378 e. The summed E-state index contributed by atoms with van der Waals surface area (Å²) in [6, 6.07) is 0.417.